The summed E-state index contributed by atoms with van der Waals surface area (Å²) in [6.45, 7) is 5.04. The van der Waals surface area contributed by atoms with Gasteiger partial charge in [0.15, 0.2) is 11.7 Å². The quantitative estimate of drug-likeness (QED) is 0.628. The molecule has 0 saturated carbocycles. The maximum atomic E-state index is 13.0. The molecule has 0 spiro atoms. The molecule has 0 aliphatic carbocycles. The van der Waals surface area contributed by atoms with Gasteiger partial charge in [0.05, 0.1) is 12.8 Å². The Hall–Kier alpha value is -3.03. The summed E-state index contributed by atoms with van der Waals surface area (Å²) >= 11 is 0. The van der Waals surface area contributed by atoms with E-state index in [-0.39, 0.29) is 17.8 Å². The zero-order valence-corrected chi connectivity index (χ0v) is 16.1. The molecule has 1 saturated heterocycles. The van der Waals surface area contributed by atoms with E-state index in [0.717, 1.165) is 5.96 Å². The molecule has 28 heavy (non-hydrogen) atoms. The molecule has 1 aromatic heterocycles. The highest BCUT2D eigenvalue weighted by atomic mass is 19.1. The number of guanidine groups is 1. The number of hydrogen-bond donors (Lipinski definition) is 1. The number of halogens is 1. The number of benzene rings is 1. The van der Waals surface area contributed by atoms with Crippen molar-refractivity contribution >= 4 is 11.9 Å². The van der Waals surface area contributed by atoms with Crippen molar-refractivity contribution in [2.24, 2.45) is 4.99 Å². The molecule has 1 amide bonds. The Morgan fingerprint density at radius 2 is 1.89 bits per heavy atom. The third kappa shape index (κ3) is 5.03. The minimum Gasteiger partial charge on any atom is -0.489 e. The first-order valence-electron chi connectivity index (χ1n) is 9.27. The summed E-state index contributed by atoms with van der Waals surface area (Å²) in [5.74, 6) is 1.37. The summed E-state index contributed by atoms with van der Waals surface area (Å²) < 4.78 is 23.9. The van der Waals surface area contributed by atoms with Crippen LogP contribution in [-0.2, 0) is 0 Å². The maximum absolute atomic E-state index is 13.0. The number of furan rings is 1. The number of carbonyl (C=O) groups excluding carboxylic acids is 1. The normalized spacial score (nSPS) is 16.0. The molecule has 1 fully saturated rings. The van der Waals surface area contributed by atoms with Crippen molar-refractivity contribution in [1.82, 2.24) is 15.1 Å². The number of nitrogens with one attached hydrogen (secondary N) is 1. The summed E-state index contributed by atoms with van der Waals surface area (Å²) in [6, 6.07) is 9.35. The molecule has 1 unspecified atom stereocenters. The van der Waals surface area contributed by atoms with E-state index in [1.807, 2.05) is 6.92 Å². The topological polar surface area (TPSA) is 70.3 Å². The van der Waals surface area contributed by atoms with Crippen LogP contribution in [0.3, 0.4) is 0 Å². The number of carbonyl (C=O) groups is 1. The number of aliphatic imine (C=N–C) groups is 1. The molecule has 1 aliphatic rings. The second kappa shape index (κ2) is 9.25. The fourth-order valence-electron chi connectivity index (χ4n) is 3.03. The van der Waals surface area contributed by atoms with Gasteiger partial charge in [-0.2, -0.15) is 0 Å². The van der Waals surface area contributed by atoms with Crippen molar-refractivity contribution in [3.63, 3.8) is 0 Å². The molecule has 2 aromatic rings. The number of nitrogens with zero attached hydrogens (tertiary/aromatic N) is 3. The lowest BCUT2D eigenvalue weighted by Crippen LogP contribution is -2.54. The van der Waals surface area contributed by atoms with Crippen LogP contribution in [0.25, 0.3) is 0 Å². The molecule has 150 valence electrons. The number of rotatable bonds is 5. The summed E-state index contributed by atoms with van der Waals surface area (Å²) in [5, 5.41) is 3.30. The monoisotopic (exact) mass is 388 g/mol. The van der Waals surface area contributed by atoms with Crippen LogP contribution in [0.4, 0.5) is 4.39 Å². The van der Waals surface area contributed by atoms with Crippen molar-refractivity contribution in [1.29, 1.82) is 0 Å². The first kappa shape index (κ1) is 19.7. The zero-order chi connectivity index (χ0) is 19.9. The Bertz CT molecular complexity index is 784. The van der Waals surface area contributed by atoms with Crippen LogP contribution in [0, 0.1) is 5.82 Å². The van der Waals surface area contributed by atoms with E-state index in [2.05, 4.69) is 15.2 Å². The molecular formula is C20H25FN4O3. The molecule has 1 atom stereocenters. The average molecular weight is 388 g/mol. The molecule has 8 heteroatoms. The fraction of sp³-hybridized carbons (Fsp3) is 0.400. The van der Waals surface area contributed by atoms with E-state index >= 15 is 0 Å². The predicted molar refractivity (Wildman–Crippen MR) is 104 cm³/mol. The van der Waals surface area contributed by atoms with Gasteiger partial charge in [0.25, 0.3) is 5.91 Å². The van der Waals surface area contributed by atoms with E-state index in [9.17, 15) is 9.18 Å². The second-order valence-corrected chi connectivity index (χ2v) is 6.57. The van der Waals surface area contributed by atoms with Crippen LogP contribution in [0.15, 0.2) is 52.1 Å². The minimum absolute atomic E-state index is 0.0890. The van der Waals surface area contributed by atoms with E-state index in [0.29, 0.717) is 44.2 Å². The van der Waals surface area contributed by atoms with Gasteiger partial charge in [0.2, 0.25) is 0 Å². The standard InChI is InChI=1S/C20H25FN4O3/c1-15(28-17-7-5-16(21)6-8-17)14-23-20(22-2)25-11-9-24(10-12-25)19(26)18-4-3-13-27-18/h3-8,13,15H,9-12,14H2,1-2H3,(H,22,23). The maximum Gasteiger partial charge on any atom is 0.289 e. The first-order chi connectivity index (χ1) is 13.6. The SMILES string of the molecule is CN=C(NCC(C)Oc1ccc(F)cc1)N1CCN(C(=O)c2ccco2)CC1. The van der Waals surface area contributed by atoms with Crippen LogP contribution >= 0.6 is 0 Å². The lowest BCUT2D eigenvalue weighted by molar-refractivity contribution is 0.0657. The first-order valence-corrected chi connectivity index (χ1v) is 9.27. The summed E-state index contributed by atoms with van der Waals surface area (Å²) in [5.41, 5.74) is 0. The molecule has 0 bridgehead atoms. The van der Waals surface area contributed by atoms with Crippen molar-refractivity contribution in [2.75, 3.05) is 39.8 Å². The van der Waals surface area contributed by atoms with Crippen molar-refractivity contribution in [3.05, 3.63) is 54.2 Å². The van der Waals surface area contributed by atoms with Crippen LogP contribution in [0.1, 0.15) is 17.5 Å². The summed E-state index contributed by atoms with van der Waals surface area (Å²) in [7, 11) is 1.73. The second-order valence-electron chi connectivity index (χ2n) is 6.57. The van der Waals surface area contributed by atoms with Gasteiger partial charge in [-0.05, 0) is 43.3 Å². The predicted octanol–water partition coefficient (Wildman–Crippen LogP) is 2.22. The van der Waals surface area contributed by atoms with E-state index in [1.54, 1.807) is 36.2 Å². The van der Waals surface area contributed by atoms with Crippen LogP contribution in [-0.4, -0.2) is 67.5 Å². The Balaban J connectivity index is 1.45. The molecular weight excluding hydrogens is 363 g/mol. The third-order valence-electron chi connectivity index (χ3n) is 4.51. The van der Waals surface area contributed by atoms with Crippen LogP contribution < -0.4 is 10.1 Å². The van der Waals surface area contributed by atoms with E-state index < -0.39 is 0 Å². The van der Waals surface area contributed by atoms with Gasteiger partial charge in [-0.1, -0.05) is 0 Å². The fourth-order valence-corrected chi connectivity index (χ4v) is 3.03. The lowest BCUT2D eigenvalue weighted by atomic mass is 10.3. The van der Waals surface area contributed by atoms with Gasteiger partial charge in [-0.3, -0.25) is 9.79 Å². The number of amides is 1. The highest BCUT2D eigenvalue weighted by molar-refractivity contribution is 5.91. The zero-order valence-electron chi connectivity index (χ0n) is 16.1. The van der Waals surface area contributed by atoms with E-state index in [1.165, 1.54) is 18.4 Å². The number of ether oxygens (including phenoxy) is 1. The number of hydrogen-bond acceptors (Lipinski definition) is 4. The molecule has 2 heterocycles. The smallest absolute Gasteiger partial charge is 0.289 e. The van der Waals surface area contributed by atoms with Gasteiger partial charge in [-0.25, -0.2) is 4.39 Å². The molecule has 1 aromatic carbocycles. The van der Waals surface area contributed by atoms with Gasteiger partial charge in [-0.15, -0.1) is 0 Å². The Labute approximate surface area is 163 Å². The summed E-state index contributed by atoms with van der Waals surface area (Å²) in [4.78, 5) is 20.6. The molecule has 0 radical (unpaired) electrons. The Kier molecular flexibility index (Phi) is 6.52. The van der Waals surface area contributed by atoms with E-state index in [4.69, 9.17) is 9.15 Å². The molecule has 1 N–H and O–H groups in total. The van der Waals surface area contributed by atoms with Crippen molar-refractivity contribution < 1.29 is 18.3 Å². The van der Waals surface area contributed by atoms with Gasteiger partial charge < -0.3 is 24.3 Å². The largest absolute Gasteiger partial charge is 0.489 e. The molecule has 7 nitrogen and oxygen atoms in total. The van der Waals surface area contributed by atoms with Gasteiger partial charge in [0.1, 0.15) is 17.7 Å². The highest BCUT2D eigenvalue weighted by Crippen LogP contribution is 2.13. The lowest BCUT2D eigenvalue weighted by Gasteiger charge is -2.36. The van der Waals surface area contributed by atoms with Crippen molar-refractivity contribution in [2.45, 2.75) is 13.0 Å². The van der Waals surface area contributed by atoms with Crippen LogP contribution in [0.2, 0.25) is 0 Å². The average Bonchev–Trinajstić information content (AvgIpc) is 3.25. The summed E-state index contributed by atoms with van der Waals surface area (Å²) in [6.07, 6.45) is 1.38. The Morgan fingerprint density at radius 1 is 1.21 bits per heavy atom. The minimum atomic E-state index is -0.289. The highest BCUT2D eigenvalue weighted by Gasteiger charge is 2.25. The molecule has 3 rings (SSSR count). The van der Waals surface area contributed by atoms with Gasteiger partial charge in [0, 0.05) is 33.2 Å². The Morgan fingerprint density at radius 3 is 2.50 bits per heavy atom. The van der Waals surface area contributed by atoms with Crippen molar-refractivity contribution in [3.8, 4) is 5.75 Å². The van der Waals surface area contributed by atoms with Crippen LogP contribution in [0.5, 0.6) is 5.75 Å². The third-order valence-corrected chi connectivity index (χ3v) is 4.51. The van der Waals surface area contributed by atoms with Gasteiger partial charge >= 0.3 is 0 Å². The number of piperazine rings is 1. The molecule has 1 aliphatic heterocycles.